The molecule has 1 atom stereocenters. The molecule has 1 aliphatic heterocycles. The molecule has 1 saturated heterocycles. The van der Waals surface area contributed by atoms with Crippen molar-refractivity contribution in [2.24, 2.45) is 0 Å². The van der Waals surface area contributed by atoms with Gasteiger partial charge in [-0.05, 0) is 38.6 Å². The van der Waals surface area contributed by atoms with Crippen molar-refractivity contribution in [3.8, 4) is 0 Å². The zero-order chi connectivity index (χ0) is 14.5. The highest BCUT2D eigenvalue weighted by Crippen LogP contribution is 2.25. The normalized spacial score (nSPS) is 18.1. The molecule has 0 radical (unpaired) electrons. The first-order valence-electron chi connectivity index (χ1n) is 7.72. The molecule has 0 spiro atoms. The van der Waals surface area contributed by atoms with Gasteiger partial charge in [0.1, 0.15) is 5.01 Å². The van der Waals surface area contributed by atoms with Gasteiger partial charge in [-0.1, -0.05) is 12.1 Å². The van der Waals surface area contributed by atoms with Crippen LogP contribution in [0.4, 0.5) is 0 Å². The highest BCUT2D eigenvalue weighted by Gasteiger charge is 2.12. The molecule has 1 aliphatic rings. The number of nitrogens with one attached hydrogen (secondary N) is 1. The van der Waals surface area contributed by atoms with Gasteiger partial charge in [-0.25, -0.2) is 4.98 Å². The Bertz CT molecular complexity index is 532. The largest absolute Gasteiger partial charge is 0.379 e. The monoisotopic (exact) mass is 305 g/mol. The van der Waals surface area contributed by atoms with Crippen LogP contribution in [0.2, 0.25) is 0 Å². The average Bonchev–Trinajstić information content (AvgIpc) is 2.96. The molecular formula is C16H23N3OS. The molecule has 1 N–H and O–H groups in total. The zero-order valence-electron chi connectivity index (χ0n) is 12.5. The fraction of sp³-hybridized carbons (Fsp3) is 0.562. The highest BCUT2D eigenvalue weighted by atomic mass is 32.1. The van der Waals surface area contributed by atoms with Crippen LogP contribution in [0.3, 0.4) is 0 Å². The van der Waals surface area contributed by atoms with Crippen LogP contribution >= 0.6 is 11.3 Å². The second kappa shape index (κ2) is 7.31. The SMILES string of the molecule is CC(NCCCN1CCOCC1)c1nc2ccccc2s1. The van der Waals surface area contributed by atoms with Crippen LogP contribution in [0, 0.1) is 0 Å². The molecule has 1 fully saturated rings. The van der Waals surface area contributed by atoms with Gasteiger partial charge in [0, 0.05) is 13.1 Å². The molecular weight excluding hydrogens is 282 g/mol. The maximum Gasteiger partial charge on any atom is 0.111 e. The van der Waals surface area contributed by atoms with Crippen LogP contribution in [0.25, 0.3) is 10.2 Å². The number of rotatable bonds is 6. The van der Waals surface area contributed by atoms with Crippen LogP contribution in [-0.2, 0) is 4.74 Å². The van der Waals surface area contributed by atoms with Gasteiger partial charge in [0.2, 0.25) is 0 Å². The van der Waals surface area contributed by atoms with Crippen molar-refractivity contribution in [3.63, 3.8) is 0 Å². The van der Waals surface area contributed by atoms with E-state index in [0.29, 0.717) is 6.04 Å². The summed E-state index contributed by atoms with van der Waals surface area (Å²) in [6, 6.07) is 8.67. The molecule has 0 amide bonds. The van der Waals surface area contributed by atoms with Crippen LogP contribution < -0.4 is 5.32 Å². The Balaban J connectivity index is 1.44. The van der Waals surface area contributed by atoms with E-state index in [1.54, 1.807) is 11.3 Å². The number of ether oxygens (including phenoxy) is 1. The predicted octanol–water partition coefficient (Wildman–Crippen LogP) is 2.67. The Labute approximate surface area is 130 Å². The standard InChI is InChI=1S/C16H23N3OS/c1-13(16-18-14-5-2-3-6-15(14)21-16)17-7-4-8-19-9-11-20-12-10-19/h2-3,5-6,13,17H,4,7-12H2,1H3. The number of fused-ring (bicyclic) bond motifs is 1. The topological polar surface area (TPSA) is 37.4 Å². The second-order valence-electron chi connectivity index (χ2n) is 5.50. The molecule has 2 aromatic rings. The summed E-state index contributed by atoms with van der Waals surface area (Å²) in [6.07, 6.45) is 1.18. The number of nitrogens with zero attached hydrogens (tertiary/aromatic N) is 2. The van der Waals surface area contributed by atoms with E-state index in [9.17, 15) is 0 Å². The van der Waals surface area contributed by atoms with Gasteiger partial charge in [-0.2, -0.15) is 0 Å². The lowest BCUT2D eigenvalue weighted by atomic mass is 10.3. The highest BCUT2D eigenvalue weighted by molar-refractivity contribution is 7.18. The van der Waals surface area contributed by atoms with E-state index >= 15 is 0 Å². The minimum atomic E-state index is 0.326. The molecule has 1 aromatic carbocycles. The van der Waals surface area contributed by atoms with Crippen LogP contribution in [0.1, 0.15) is 24.4 Å². The zero-order valence-corrected chi connectivity index (χ0v) is 13.4. The van der Waals surface area contributed by atoms with Gasteiger partial charge in [0.05, 0.1) is 29.5 Å². The number of morpholine rings is 1. The molecule has 3 rings (SSSR count). The summed E-state index contributed by atoms with van der Waals surface area (Å²) in [7, 11) is 0. The summed E-state index contributed by atoms with van der Waals surface area (Å²) in [5.74, 6) is 0. The van der Waals surface area contributed by atoms with Crippen molar-refractivity contribution in [2.45, 2.75) is 19.4 Å². The number of hydrogen-bond donors (Lipinski definition) is 1. The van der Waals surface area contributed by atoms with Crippen molar-refractivity contribution in [1.29, 1.82) is 0 Å². The molecule has 2 heterocycles. The number of hydrogen-bond acceptors (Lipinski definition) is 5. The maximum absolute atomic E-state index is 5.37. The first-order valence-corrected chi connectivity index (χ1v) is 8.53. The van der Waals surface area contributed by atoms with Crippen molar-refractivity contribution in [3.05, 3.63) is 29.3 Å². The van der Waals surface area contributed by atoms with Gasteiger partial charge >= 0.3 is 0 Å². The van der Waals surface area contributed by atoms with E-state index in [-0.39, 0.29) is 0 Å². The smallest absolute Gasteiger partial charge is 0.111 e. The van der Waals surface area contributed by atoms with E-state index < -0.39 is 0 Å². The molecule has 114 valence electrons. The summed E-state index contributed by atoms with van der Waals surface area (Å²) in [5.41, 5.74) is 1.11. The molecule has 0 aliphatic carbocycles. The number of aromatic nitrogens is 1. The molecule has 1 unspecified atom stereocenters. The van der Waals surface area contributed by atoms with E-state index in [1.165, 1.54) is 16.1 Å². The number of benzene rings is 1. The summed E-state index contributed by atoms with van der Waals surface area (Å²) in [4.78, 5) is 7.19. The average molecular weight is 305 g/mol. The first-order chi connectivity index (χ1) is 10.3. The van der Waals surface area contributed by atoms with Crippen LogP contribution in [-0.4, -0.2) is 49.3 Å². The minimum Gasteiger partial charge on any atom is -0.379 e. The Kier molecular flexibility index (Phi) is 5.19. The van der Waals surface area contributed by atoms with Gasteiger partial charge in [0.25, 0.3) is 0 Å². The van der Waals surface area contributed by atoms with Gasteiger partial charge in [-0.15, -0.1) is 11.3 Å². The molecule has 0 bridgehead atoms. The van der Waals surface area contributed by atoms with Gasteiger partial charge in [0.15, 0.2) is 0 Å². The number of thiazole rings is 1. The van der Waals surface area contributed by atoms with E-state index in [2.05, 4.69) is 35.3 Å². The fourth-order valence-electron chi connectivity index (χ4n) is 2.61. The fourth-order valence-corrected chi connectivity index (χ4v) is 3.60. The van der Waals surface area contributed by atoms with E-state index in [0.717, 1.165) is 44.9 Å². The lowest BCUT2D eigenvalue weighted by Crippen LogP contribution is -2.37. The Morgan fingerprint density at radius 1 is 1.33 bits per heavy atom. The molecule has 0 saturated carbocycles. The Morgan fingerprint density at radius 3 is 2.95 bits per heavy atom. The predicted molar refractivity (Wildman–Crippen MR) is 87.9 cm³/mol. The van der Waals surface area contributed by atoms with Crippen LogP contribution in [0.15, 0.2) is 24.3 Å². The van der Waals surface area contributed by atoms with Crippen molar-refractivity contribution >= 4 is 21.6 Å². The van der Waals surface area contributed by atoms with Crippen molar-refractivity contribution in [1.82, 2.24) is 15.2 Å². The third-order valence-electron chi connectivity index (χ3n) is 3.89. The quantitative estimate of drug-likeness (QED) is 0.833. The third-order valence-corrected chi connectivity index (χ3v) is 5.11. The minimum absolute atomic E-state index is 0.326. The number of para-hydroxylation sites is 1. The third kappa shape index (κ3) is 4.01. The Morgan fingerprint density at radius 2 is 2.14 bits per heavy atom. The summed E-state index contributed by atoms with van der Waals surface area (Å²) in [6.45, 7) is 8.32. The van der Waals surface area contributed by atoms with E-state index in [4.69, 9.17) is 9.72 Å². The second-order valence-corrected chi connectivity index (χ2v) is 6.57. The molecule has 4 nitrogen and oxygen atoms in total. The lowest BCUT2D eigenvalue weighted by Gasteiger charge is -2.26. The summed E-state index contributed by atoms with van der Waals surface area (Å²) in [5, 5.41) is 4.77. The summed E-state index contributed by atoms with van der Waals surface area (Å²) >= 11 is 1.79. The lowest BCUT2D eigenvalue weighted by molar-refractivity contribution is 0.0374. The summed E-state index contributed by atoms with van der Waals surface area (Å²) < 4.78 is 6.64. The van der Waals surface area contributed by atoms with E-state index in [1.807, 2.05) is 6.07 Å². The van der Waals surface area contributed by atoms with Crippen LogP contribution in [0.5, 0.6) is 0 Å². The van der Waals surface area contributed by atoms with Crippen molar-refractivity contribution in [2.75, 3.05) is 39.4 Å². The molecule has 5 heteroatoms. The first kappa shape index (κ1) is 14.9. The Hall–Kier alpha value is -1.01. The van der Waals surface area contributed by atoms with Gasteiger partial charge in [-0.3, -0.25) is 4.90 Å². The van der Waals surface area contributed by atoms with Gasteiger partial charge < -0.3 is 10.1 Å². The van der Waals surface area contributed by atoms with Crippen molar-refractivity contribution < 1.29 is 4.74 Å². The molecule has 21 heavy (non-hydrogen) atoms. The molecule has 1 aromatic heterocycles. The maximum atomic E-state index is 5.37.